The van der Waals surface area contributed by atoms with Crippen LogP contribution in [0.15, 0.2) is 24.3 Å². The molecule has 0 radical (unpaired) electrons. The van der Waals surface area contributed by atoms with Crippen LogP contribution >= 0.6 is 0 Å². The summed E-state index contributed by atoms with van der Waals surface area (Å²) in [6.07, 6.45) is 1.03. The summed E-state index contributed by atoms with van der Waals surface area (Å²) in [5, 5.41) is 1.34. The largest absolute Gasteiger partial charge is 0.345 e. The molecular formula is C16H24N2. The number of fused-ring (bicyclic) bond motifs is 1. The third kappa shape index (κ3) is 2.44. The lowest BCUT2D eigenvalue weighted by atomic mass is 9.86. The Morgan fingerprint density at radius 1 is 1.17 bits per heavy atom. The molecule has 1 aromatic carbocycles. The van der Waals surface area contributed by atoms with Gasteiger partial charge in [-0.15, -0.1) is 0 Å². The van der Waals surface area contributed by atoms with Crippen LogP contribution in [0.2, 0.25) is 0 Å². The summed E-state index contributed by atoms with van der Waals surface area (Å²) >= 11 is 0. The van der Waals surface area contributed by atoms with E-state index in [-0.39, 0.29) is 5.41 Å². The molecule has 2 heteroatoms. The van der Waals surface area contributed by atoms with E-state index in [2.05, 4.69) is 56.5 Å². The first-order chi connectivity index (χ1) is 8.43. The van der Waals surface area contributed by atoms with E-state index in [0.717, 1.165) is 19.5 Å². The maximum absolute atomic E-state index is 5.61. The van der Waals surface area contributed by atoms with Crippen molar-refractivity contribution in [2.45, 2.75) is 46.1 Å². The van der Waals surface area contributed by atoms with Crippen LogP contribution in [0, 0.1) is 6.92 Å². The summed E-state index contributed by atoms with van der Waals surface area (Å²) in [6.45, 7) is 10.7. The zero-order valence-electron chi connectivity index (χ0n) is 12.0. The topological polar surface area (TPSA) is 30.9 Å². The zero-order valence-corrected chi connectivity index (χ0v) is 12.0. The molecule has 0 saturated carbocycles. The minimum atomic E-state index is 0.210. The summed E-state index contributed by atoms with van der Waals surface area (Å²) in [5.41, 5.74) is 9.86. The molecule has 18 heavy (non-hydrogen) atoms. The number of rotatable bonds is 3. The summed E-state index contributed by atoms with van der Waals surface area (Å²) < 4.78 is 2.37. The van der Waals surface area contributed by atoms with Gasteiger partial charge in [-0.3, -0.25) is 0 Å². The average molecular weight is 244 g/mol. The fourth-order valence-corrected chi connectivity index (χ4v) is 2.42. The number of nitrogens with zero attached hydrogens (tertiary/aromatic N) is 1. The molecule has 0 fully saturated rings. The zero-order chi connectivity index (χ0) is 13.3. The van der Waals surface area contributed by atoms with Gasteiger partial charge in [-0.05, 0) is 49.1 Å². The summed E-state index contributed by atoms with van der Waals surface area (Å²) in [6, 6.07) is 9.10. The van der Waals surface area contributed by atoms with Gasteiger partial charge in [-0.2, -0.15) is 0 Å². The molecule has 0 spiro atoms. The molecule has 2 aromatic rings. The lowest BCUT2D eigenvalue weighted by Crippen LogP contribution is -2.10. The van der Waals surface area contributed by atoms with Crippen LogP contribution in [-0.4, -0.2) is 11.1 Å². The van der Waals surface area contributed by atoms with Crippen LogP contribution < -0.4 is 5.73 Å². The fraction of sp³-hybridized carbons (Fsp3) is 0.500. The van der Waals surface area contributed by atoms with E-state index >= 15 is 0 Å². The van der Waals surface area contributed by atoms with Crippen LogP contribution in [-0.2, 0) is 12.0 Å². The fourth-order valence-electron chi connectivity index (χ4n) is 2.42. The van der Waals surface area contributed by atoms with Crippen LogP contribution in [0.5, 0.6) is 0 Å². The molecule has 2 nitrogen and oxygen atoms in total. The highest BCUT2D eigenvalue weighted by atomic mass is 15.0. The molecule has 2 N–H and O–H groups in total. The Balaban J connectivity index is 2.48. The minimum Gasteiger partial charge on any atom is -0.345 e. The number of benzene rings is 1. The van der Waals surface area contributed by atoms with E-state index in [1.54, 1.807) is 0 Å². The summed E-state index contributed by atoms with van der Waals surface area (Å²) in [4.78, 5) is 0. The van der Waals surface area contributed by atoms with Gasteiger partial charge in [0, 0.05) is 23.1 Å². The van der Waals surface area contributed by atoms with Gasteiger partial charge in [-0.25, -0.2) is 0 Å². The lowest BCUT2D eigenvalue weighted by molar-refractivity contribution is 0.591. The third-order valence-electron chi connectivity index (χ3n) is 3.56. The molecule has 1 heterocycles. The van der Waals surface area contributed by atoms with Crippen molar-refractivity contribution in [3.63, 3.8) is 0 Å². The van der Waals surface area contributed by atoms with Crippen LogP contribution in [0.4, 0.5) is 0 Å². The van der Waals surface area contributed by atoms with Gasteiger partial charge in [0.05, 0.1) is 0 Å². The van der Waals surface area contributed by atoms with E-state index in [0.29, 0.717) is 0 Å². The van der Waals surface area contributed by atoms with Gasteiger partial charge in [0.2, 0.25) is 0 Å². The molecular weight excluding hydrogens is 220 g/mol. The van der Waals surface area contributed by atoms with Gasteiger partial charge >= 0.3 is 0 Å². The number of aryl methyl sites for hydroxylation is 2. The van der Waals surface area contributed by atoms with E-state index in [4.69, 9.17) is 5.73 Å². The maximum Gasteiger partial charge on any atom is 0.0482 e. The van der Waals surface area contributed by atoms with Gasteiger partial charge in [0.15, 0.2) is 0 Å². The third-order valence-corrected chi connectivity index (χ3v) is 3.56. The SMILES string of the molecule is Cc1cc2cc(C(C)(C)C)ccc2n1CCCN. The molecule has 0 aliphatic rings. The Hall–Kier alpha value is -1.28. The van der Waals surface area contributed by atoms with Crippen molar-refractivity contribution in [1.82, 2.24) is 4.57 Å². The Labute approximate surface area is 110 Å². The quantitative estimate of drug-likeness (QED) is 0.878. The van der Waals surface area contributed by atoms with Crippen molar-refractivity contribution >= 4 is 10.9 Å². The van der Waals surface area contributed by atoms with Crippen LogP contribution in [0.3, 0.4) is 0 Å². The van der Waals surface area contributed by atoms with Crippen molar-refractivity contribution < 1.29 is 0 Å². The Kier molecular flexibility index (Phi) is 3.49. The van der Waals surface area contributed by atoms with Gasteiger partial charge in [0.25, 0.3) is 0 Å². The second-order valence-corrected chi connectivity index (χ2v) is 6.10. The molecule has 0 amide bonds. The Bertz CT molecular complexity index is 544. The van der Waals surface area contributed by atoms with Crippen molar-refractivity contribution in [1.29, 1.82) is 0 Å². The first-order valence-corrected chi connectivity index (χ1v) is 6.74. The predicted molar refractivity (Wildman–Crippen MR) is 79.0 cm³/mol. The highest BCUT2D eigenvalue weighted by Crippen LogP contribution is 2.28. The molecule has 0 aliphatic heterocycles. The lowest BCUT2D eigenvalue weighted by Gasteiger charge is -2.19. The molecule has 0 saturated heterocycles. The van der Waals surface area contributed by atoms with Crippen molar-refractivity contribution in [3.8, 4) is 0 Å². The second-order valence-electron chi connectivity index (χ2n) is 6.10. The Morgan fingerprint density at radius 3 is 2.50 bits per heavy atom. The van der Waals surface area contributed by atoms with E-state index in [1.165, 1.54) is 22.2 Å². The van der Waals surface area contributed by atoms with Crippen molar-refractivity contribution in [2.24, 2.45) is 5.73 Å². The monoisotopic (exact) mass is 244 g/mol. The van der Waals surface area contributed by atoms with E-state index < -0.39 is 0 Å². The average Bonchev–Trinajstić information content (AvgIpc) is 2.60. The highest BCUT2D eigenvalue weighted by molar-refractivity contribution is 5.82. The van der Waals surface area contributed by atoms with Crippen LogP contribution in [0.25, 0.3) is 10.9 Å². The summed E-state index contributed by atoms with van der Waals surface area (Å²) in [5.74, 6) is 0. The molecule has 0 unspecified atom stereocenters. The normalized spacial score (nSPS) is 12.3. The first-order valence-electron chi connectivity index (χ1n) is 6.74. The molecule has 0 aliphatic carbocycles. The predicted octanol–water partition coefficient (Wildman–Crippen LogP) is 3.60. The van der Waals surface area contributed by atoms with E-state index in [9.17, 15) is 0 Å². The van der Waals surface area contributed by atoms with Gasteiger partial charge < -0.3 is 10.3 Å². The smallest absolute Gasteiger partial charge is 0.0482 e. The minimum absolute atomic E-state index is 0.210. The Morgan fingerprint density at radius 2 is 1.89 bits per heavy atom. The standard InChI is InChI=1S/C16H24N2/c1-12-10-13-11-14(16(2,3)4)6-7-15(13)18(12)9-5-8-17/h6-7,10-11H,5,8-9,17H2,1-4H3. The first kappa shape index (κ1) is 13.2. The van der Waals surface area contributed by atoms with Gasteiger partial charge in [-0.1, -0.05) is 26.8 Å². The molecule has 98 valence electrons. The molecule has 0 bridgehead atoms. The van der Waals surface area contributed by atoms with Crippen molar-refractivity contribution in [2.75, 3.05) is 6.54 Å². The van der Waals surface area contributed by atoms with Gasteiger partial charge in [0.1, 0.15) is 0 Å². The number of hydrogen-bond donors (Lipinski definition) is 1. The molecule has 0 atom stereocenters. The number of hydrogen-bond acceptors (Lipinski definition) is 1. The summed E-state index contributed by atoms with van der Waals surface area (Å²) in [7, 11) is 0. The maximum atomic E-state index is 5.61. The van der Waals surface area contributed by atoms with Crippen molar-refractivity contribution in [3.05, 3.63) is 35.5 Å². The second kappa shape index (κ2) is 4.77. The molecule has 1 aromatic heterocycles. The number of nitrogens with two attached hydrogens (primary N) is 1. The van der Waals surface area contributed by atoms with Crippen LogP contribution in [0.1, 0.15) is 38.4 Å². The van der Waals surface area contributed by atoms with E-state index in [1.807, 2.05) is 0 Å². The number of aromatic nitrogens is 1. The highest BCUT2D eigenvalue weighted by Gasteiger charge is 2.15. The molecule has 2 rings (SSSR count).